The van der Waals surface area contributed by atoms with E-state index in [9.17, 15) is 18.0 Å². The quantitative estimate of drug-likeness (QED) is 0.547. The molecule has 4 rings (SSSR count). The minimum absolute atomic E-state index is 0.0656. The molecule has 2 N–H and O–H groups in total. The smallest absolute Gasteiger partial charge is 0.350 e. The fourth-order valence-electron chi connectivity index (χ4n) is 3.15. The summed E-state index contributed by atoms with van der Waals surface area (Å²) in [5, 5.41) is 7.42. The number of halogens is 3. The van der Waals surface area contributed by atoms with Crippen molar-refractivity contribution in [1.82, 2.24) is 30.0 Å². The first-order valence-electron chi connectivity index (χ1n) is 8.84. The molecule has 1 amide bonds. The number of hydrogen-bond donors (Lipinski definition) is 2. The number of alkyl halides is 3. The molecule has 0 spiro atoms. The second kappa shape index (κ2) is 6.57. The van der Waals surface area contributed by atoms with Gasteiger partial charge in [0, 0.05) is 24.7 Å². The van der Waals surface area contributed by atoms with E-state index in [1.54, 1.807) is 7.05 Å². The Kier molecular flexibility index (Phi) is 4.29. The molecule has 10 heteroatoms. The summed E-state index contributed by atoms with van der Waals surface area (Å²) < 4.78 is 41.0. The number of benzene rings is 1. The third-order valence-corrected chi connectivity index (χ3v) is 4.47. The highest BCUT2D eigenvalue weighted by atomic mass is 19.4. The molecule has 3 heterocycles. The maximum absolute atomic E-state index is 13.2. The number of H-pyrrole nitrogens is 1. The summed E-state index contributed by atoms with van der Waals surface area (Å²) >= 11 is 0. The molecule has 0 atom stereocenters. The van der Waals surface area contributed by atoms with Crippen LogP contribution in [-0.4, -0.2) is 36.7 Å². The van der Waals surface area contributed by atoms with Crippen LogP contribution in [0.3, 0.4) is 0 Å². The van der Waals surface area contributed by atoms with Crippen molar-refractivity contribution in [2.75, 3.05) is 0 Å². The van der Waals surface area contributed by atoms with Gasteiger partial charge >= 0.3 is 6.18 Å². The maximum Gasteiger partial charge on any atom is 0.416 e. The van der Waals surface area contributed by atoms with Crippen LogP contribution in [0.2, 0.25) is 0 Å². The van der Waals surface area contributed by atoms with Gasteiger partial charge < -0.3 is 10.3 Å². The first kappa shape index (κ1) is 18.9. The van der Waals surface area contributed by atoms with E-state index in [0.29, 0.717) is 27.6 Å². The van der Waals surface area contributed by atoms with Crippen molar-refractivity contribution in [1.29, 1.82) is 0 Å². The van der Waals surface area contributed by atoms with E-state index in [2.05, 4.69) is 25.4 Å². The average Bonchev–Trinajstić information content (AvgIpc) is 3.21. The fraction of sp³-hybridized carbons (Fsp3) is 0.263. The van der Waals surface area contributed by atoms with Crippen molar-refractivity contribution < 1.29 is 18.0 Å². The van der Waals surface area contributed by atoms with E-state index in [4.69, 9.17) is 0 Å². The molecule has 0 saturated heterocycles. The molecule has 29 heavy (non-hydrogen) atoms. The zero-order valence-corrected chi connectivity index (χ0v) is 15.8. The van der Waals surface area contributed by atoms with Gasteiger partial charge in [-0.1, -0.05) is 0 Å². The third-order valence-electron chi connectivity index (χ3n) is 4.47. The van der Waals surface area contributed by atoms with Crippen LogP contribution in [0, 0.1) is 0 Å². The van der Waals surface area contributed by atoms with Crippen LogP contribution in [0.5, 0.6) is 0 Å². The van der Waals surface area contributed by atoms with E-state index >= 15 is 0 Å². The summed E-state index contributed by atoms with van der Waals surface area (Å²) in [6, 6.07) is 3.37. The van der Waals surface area contributed by atoms with E-state index in [0.717, 1.165) is 12.1 Å². The summed E-state index contributed by atoms with van der Waals surface area (Å²) in [5.41, 5.74) is 1.33. The number of carbonyl (C=O) groups is 1. The van der Waals surface area contributed by atoms with Crippen LogP contribution in [-0.2, 0) is 13.2 Å². The van der Waals surface area contributed by atoms with Gasteiger partial charge in [-0.05, 0) is 32.0 Å². The minimum atomic E-state index is -4.47. The summed E-state index contributed by atoms with van der Waals surface area (Å²) in [6.07, 6.45) is -1.55. The summed E-state index contributed by atoms with van der Waals surface area (Å²) in [6.45, 7) is 3.67. The second-order valence-corrected chi connectivity index (χ2v) is 6.98. The van der Waals surface area contributed by atoms with E-state index in [-0.39, 0.29) is 23.3 Å². The lowest BCUT2D eigenvalue weighted by atomic mass is 10.1. The lowest BCUT2D eigenvalue weighted by Gasteiger charge is -2.07. The molecule has 0 unspecified atom stereocenters. The molecule has 0 saturated carbocycles. The highest BCUT2D eigenvalue weighted by molar-refractivity contribution is 6.05. The van der Waals surface area contributed by atoms with Crippen molar-refractivity contribution in [2.45, 2.75) is 26.1 Å². The lowest BCUT2D eigenvalue weighted by Crippen LogP contribution is -2.29. The van der Waals surface area contributed by atoms with Gasteiger partial charge in [-0.3, -0.25) is 9.48 Å². The molecule has 0 aliphatic heterocycles. The number of amides is 1. The molecular formula is C19H17F3N6O. The van der Waals surface area contributed by atoms with Crippen molar-refractivity contribution in [3.8, 4) is 11.4 Å². The SMILES string of the molecule is CC(C)NC(=O)c1c[nH]c2ncc(-c3nn(C)c4ccc(C(F)(F)F)cc34)nc12. The monoisotopic (exact) mass is 402 g/mol. The zero-order chi connectivity index (χ0) is 20.9. The Bertz CT molecular complexity index is 1240. The zero-order valence-electron chi connectivity index (χ0n) is 15.8. The normalized spacial score (nSPS) is 12.2. The predicted molar refractivity (Wildman–Crippen MR) is 101 cm³/mol. The van der Waals surface area contributed by atoms with Gasteiger partial charge in [0.15, 0.2) is 5.65 Å². The van der Waals surface area contributed by atoms with Crippen LogP contribution >= 0.6 is 0 Å². The number of hydrogen-bond acceptors (Lipinski definition) is 4. The first-order chi connectivity index (χ1) is 13.6. The molecule has 7 nitrogen and oxygen atoms in total. The summed E-state index contributed by atoms with van der Waals surface area (Å²) in [4.78, 5) is 24.0. The largest absolute Gasteiger partial charge is 0.416 e. The Morgan fingerprint density at radius 3 is 2.72 bits per heavy atom. The average molecular weight is 402 g/mol. The van der Waals surface area contributed by atoms with E-state index in [1.807, 2.05) is 13.8 Å². The first-order valence-corrected chi connectivity index (χ1v) is 8.84. The Balaban J connectivity index is 1.88. The molecule has 0 fully saturated rings. The molecule has 4 aromatic rings. The van der Waals surface area contributed by atoms with Crippen LogP contribution in [0.1, 0.15) is 29.8 Å². The Morgan fingerprint density at radius 2 is 2.03 bits per heavy atom. The van der Waals surface area contributed by atoms with Gasteiger partial charge in [0.2, 0.25) is 0 Å². The number of nitrogens with one attached hydrogen (secondary N) is 2. The highest BCUT2D eigenvalue weighted by Gasteiger charge is 2.31. The predicted octanol–water partition coefficient (Wildman–Crippen LogP) is 3.67. The molecular weight excluding hydrogens is 385 g/mol. The van der Waals surface area contributed by atoms with Crippen LogP contribution in [0.4, 0.5) is 13.2 Å². The van der Waals surface area contributed by atoms with Crippen LogP contribution < -0.4 is 5.32 Å². The Labute approximate surface area is 163 Å². The maximum atomic E-state index is 13.2. The molecule has 0 aliphatic carbocycles. The van der Waals surface area contributed by atoms with Crippen molar-refractivity contribution in [3.05, 3.63) is 41.7 Å². The number of aromatic amines is 1. The number of aromatic nitrogens is 5. The van der Waals surface area contributed by atoms with Crippen molar-refractivity contribution in [3.63, 3.8) is 0 Å². The standard InChI is InChI=1S/C19H17F3N6O/c1-9(2)25-18(29)12-7-23-17-16(12)26-13(8-24-17)15-11-6-10(19(20,21)22)4-5-14(11)28(3)27-15/h4-9H,1-3H3,(H,23,24)(H,25,29). The number of carbonyl (C=O) groups excluding carboxylic acids is 1. The van der Waals surface area contributed by atoms with Crippen LogP contribution in [0.25, 0.3) is 33.5 Å². The Hall–Kier alpha value is -3.43. The Morgan fingerprint density at radius 1 is 1.28 bits per heavy atom. The van der Waals surface area contributed by atoms with Gasteiger partial charge in [-0.25, -0.2) is 9.97 Å². The molecule has 0 aliphatic rings. The van der Waals surface area contributed by atoms with Gasteiger partial charge in [-0.15, -0.1) is 0 Å². The van der Waals surface area contributed by atoms with Crippen LogP contribution in [0.15, 0.2) is 30.6 Å². The fourth-order valence-corrected chi connectivity index (χ4v) is 3.15. The molecule has 0 radical (unpaired) electrons. The number of nitrogens with zero attached hydrogens (tertiary/aromatic N) is 4. The molecule has 0 bridgehead atoms. The number of aryl methyl sites for hydroxylation is 1. The topological polar surface area (TPSA) is 88.5 Å². The molecule has 150 valence electrons. The summed E-state index contributed by atoms with van der Waals surface area (Å²) in [5.74, 6) is -0.317. The lowest BCUT2D eigenvalue weighted by molar-refractivity contribution is -0.137. The number of rotatable bonds is 3. The van der Waals surface area contributed by atoms with Crippen molar-refractivity contribution in [2.24, 2.45) is 7.05 Å². The van der Waals surface area contributed by atoms with E-state index in [1.165, 1.54) is 23.1 Å². The second-order valence-electron chi connectivity index (χ2n) is 6.98. The van der Waals surface area contributed by atoms with Gasteiger partial charge in [0.05, 0.1) is 22.8 Å². The number of fused-ring (bicyclic) bond motifs is 2. The van der Waals surface area contributed by atoms with Gasteiger partial charge in [0.1, 0.15) is 16.9 Å². The minimum Gasteiger partial charge on any atom is -0.350 e. The van der Waals surface area contributed by atoms with Gasteiger partial charge in [-0.2, -0.15) is 18.3 Å². The molecule has 3 aromatic heterocycles. The summed E-state index contributed by atoms with van der Waals surface area (Å²) in [7, 11) is 1.64. The highest BCUT2D eigenvalue weighted by Crippen LogP contribution is 2.34. The van der Waals surface area contributed by atoms with Gasteiger partial charge in [0.25, 0.3) is 5.91 Å². The molecule has 1 aromatic carbocycles. The van der Waals surface area contributed by atoms with Crippen molar-refractivity contribution >= 4 is 28.0 Å². The van der Waals surface area contributed by atoms with E-state index < -0.39 is 11.7 Å². The third kappa shape index (κ3) is 3.30.